The lowest BCUT2D eigenvalue weighted by atomic mass is 10.2. The number of hydrogen-bond acceptors (Lipinski definition) is 5. The SMILES string of the molecule is CCNC(=NCCCOC1CCOC1)NCCS(=O)(=O)N1CCc2ccccc21. The fourth-order valence-corrected chi connectivity index (χ4v) is 4.92. The number of para-hydroxylation sites is 1. The molecule has 0 aromatic heterocycles. The fourth-order valence-electron chi connectivity index (χ4n) is 3.50. The van der Waals surface area contributed by atoms with Crippen molar-refractivity contribution in [2.75, 3.05) is 56.1 Å². The Balaban J connectivity index is 1.42. The first-order valence-corrected chi connectivity index (χ1v) is 12.0. The molecule has 0 bridgehead atoms. The number of hydrogen-bond donors (Lipinski definition) is 2. The summed E-state index contributed by atoms with van der Waals surface area (Å²) < 4.78 is 38.1. The number of nitrogens with one attached hydrogen (secondary N) is 2. The quantitative estimate of drug-likeness (QED) is 0.332. The first-order chi connectivity index (χ1) is 14.1. The van der Waals surface area contributed by atoms with Crippen molar-refractivity contribution in [3.63, 3.8) is 0 Å². The summed E-state index contributed by atoms with van der Waals surface area (Å²) in [4.78, 5) is 4.51. The van der Waals surface area contributed by atoms with Crippen LogP contribution in [-0.4, -0.2) is 72.2 Å². The van der Waals surface area contributed by atoms with Crippen molar-refractivity contribution in [1.29, 1.82) is 0 Å². The average Bonchev–Trinajstić information content (AvgIpc) is 3.37. The maximum atomic E-state index is 12.8. The van der Waals surface area contributed by atoms with Gasteiger partial charge in [0.15, 0.2) is 5.96 Å². The molecule has 162 valence electrons. The monoisotopic (exact) mass is 424 g/mol. The molecule has 1 atom stereocenters. The zero-order valence-corrected chi connectivity index (χ0v) is 17.9. The molecule has 1 fully saturated rings. The Morgan fingerprint density at radius 1 is 1.34 bits per heavy atom. The average molecular weight is 425 g/mol. The van der Waals surface area contributed by atoms with Crippen LogP contribution in [0.25, 0.3) is 0 Å². The molecule has 0 amide bonds. The van der Waals surface area contributed by atoms with E-state index in [1.54, 1.807) is 0 Å². The van der Waals surface area contributed by atoms with Crippen LogP contribution in [0.5, 0.6) is 0 Å². The van der Waals surface area contributed by atoms with Crippen LogP contribution in [0, 0.1) is 0 Å². The molecule has 0 aliphatic carbocycles. The van der Waals surface area contributed by atoms with Gasteiger partial charge in [0, 0.05) is 39.4 Å². The van der Waals surface area contributed by atoms with Gasteiger partial charge in [-0.3, -0.25) is 9.30 Å². The van der Waals surface area contributed by atoms with E-state index in [1.165, 1.54) is 4.31 Å². The van der Waals surface area contributed by atoms with E-state index in [-0.39, 0.29) is 11.9 Å². The van der Waals surface area contributed by atoms with Gasteiger partial charge in [-0.25, -0.2) is 8.42 Å². The summed E-state index contributed by atoms with van der Waals surface area (Å²) in [5, 5.41) is 6.28. The largest absolute Gasteiger partial charge is 0.379 e. The van der Waals surface area contributed by atoms with Crippen LogP contribution in [0.3, 0.4) is 0 Å². The summed E-state index contributed by atoms with van der Waals surface area (Å²) in [7, 11) is -3.37. The van der Waals surface area contributed by atoms with Crippen LogP contribution in [0.1, 0.15) is 25.3 Å². The predicted molar refractivity (Wildman–Crippen MR) is 115 cm³/mol. The number of nitrogens with zero attached hydrogens (tertiary/aromatic N) is 2. The molecule has 8 nitrogen and oxygen atoms in total. The van der Waals surface area contributed by atoms with Crippen molar-refractivity contribution in [3.8, 4) is 0 Å². The summed E-state index contributed by atoms with van der Waals surface area (Å²) in [6.45, 7) is 6.26. The Hall–Kier alpha value is -1.84. The Labute approximate surface area is 173 Å². The Kier molecular flexibility index (Phi) is 8.14. The van der Waals surface area contributed by atoms with Crippen LogP contribution in [0.4, 0.5) is 5.69 Å². The Morgan fingerprint density at radius 3 is 3.00 bits per heavy atom. The molecular weight excluding hydrogens is 392 g/mol. The second-order valence-electron chi connectivity index (χ2n) is 7.16. The highest BCUT2D eigenvalue weighted by Gasteiger charge is 2.28. The summed E-state index contributed by atoms with van der Waals surface area (Å²) >= 11 is 0. The fraction of sp³-hybridized carbons (Fsp3) is 0.650. The van der Waals surface area contributed by atoms with Gasteiger partial charge in [-0.15, -0.1) is 0 Å². The van der Waals surface area contributed by atoms with E-state index in [2.05, 4.69) is 15.6 Å². The molecule has 2 aliphatic rings. The summed E-state index contributed by atoms with van der Waals surface area (Å²) in [5.41, 5.74) is 1.89. The maximum absolute atomic E-state index is 12.8. The highest BCUT2D eigenvalue weighted by molar-refractivity contribution is 7.92. The molecule has 1 aromatic carbocycles. The van der Waals surface area contributed by atoms with Gasteiger partial charge < -0.3 is 20.1 Å². The van der Waals surface area contributed by atoms with Gasteiger partial charge in [-0.1, -0.05) is 18.2 Å². The van der Waals surface area contributed by atoms with Crippen LogP contribution in [0.2, 0.25) is 0 Å². The maximum Gasteiger partial charge on any atom is 0.236 e. The summed E-state index contributed by atoms with van der Waals surface area (Å²) in [6, 6.07) is 7.69. The lowest BCUT2D eigenvalue weighted by Gasteiger charge is -2.20. The number of guanidine groups is 1. The van der Waals surface area contributed by atoms with Crippen molar-refractivity contribution < 1.29 is 17.9 Å². The van der Waals surface area contributed by atoms with Gasteiger partial charge in [-0.2, -0.15) is 0 Å². The molecule has 3 rings (SSSR count). The van der Waals surface area contributed by atoms with Crippen LogP contribution >= 0.6 is 0 Å². The molecule has 1 saturated heterocycles. The Bertz CT molecular complexity index is 778. The third-order valence-electron chi connectivity index (χ3n) is 4.99. The predicted octanol–water partition coefficient (Wildman–Crippen LogP) is 1.13. The molecule has 29 heavy (non-hydrogen) atoms. The number of benzene rings is 1. The summed E-state index contributed by atoms with van der Waals surface area (Å²) in [6.07, 6.45) is 2.76. The van der Waals surface area contributed by atoms with E-state index in [0.29, 0.717) is 45.4 Å². The van der Waals surface area contributed by atoms with E-state index in [9.17, 15) is 8.42 Å². The molecule has 2 N–H and O–H groups in total. The summed E-state index contributed by atoms with van der Waals surface area (Å²) in [5.74, 6) is 0.657. The zero-order valence-electron chi connectivity index (χ0n) is 17.1. The van der Waals surface area contributed by atoms with Crippen LogP contribution in [-0.2, 0) is 25.9 Å². The van der Waals surface area contributed by atoms with Gasteiger partial charge in [0.25, 0.3) is 0 Å². The van der Waals surface area contributed by atoms with Gasteiger partial charge in [0.05, 0.1) is 24.2 Å². The number of fused-ring (bicyclic) bond motifs is 1. The van der Waals surface area contributed by atoms with Gasteiger partial charge in [0.1, 0.15) is 0 Å². The minimum absolute atomic E-state index is 0.0243. The standard InChI is InChI=1S/C20H32N4O4S/c1-2-21-20(22-10-5-13-28-18-9-14-27-16-18)23-11-15-29(25,26)24-12-8-17-6-3-4-7-19(17)24/h3-4,6-7,18H,2,5,8-16H2,1H3,(H2,21,22,23). The van der Waals surface area contributed by atoms with Crippen molar-refractivity contribution in [1.82, 2.24) is 10.6 Å². The lowest BCUT2D eigenvalue weighted by Crippen LogP contribution is -2.42. The van der Waals surface area contributed by atoms with Gasteiger partial charge in [0.2, 0.25) is 10.0 Å². The number of anilines is 1. The second kappa shape index (κ2) is 10.8. The highest BCUT2D eigenvalue weighted by Crippen LogP contribution is 2.29. The third-order valence-corrected chi connectivity index (χ3v) is 6.76. The molecule has 2 heterocycles. The molecule has 0 radical (unpaired) electrons. The molecule has 1 unspecified atom stereocenters. The number of ether oxygens (including phenoxy) is 2. The second-order valence-corrected chi connectivity index (χ2v) is 9.18. The number of sulfonamides is 1. The van der Waals surface area contributed by atoms with Crippen molar-refractivity contribution in [3.05, 3.63) is 29.8 Å². The molecule has 9 heteroatoms. The van der Waals surface area contributed by atoms with Gasteiger partial charge >= 0.3 is 0 Å². The Morgan fingerprint density at radius 2 is 2.21 bits per heavy atom. The van der Waals surface area contributed by atoms with E-state index in [0.717, 1.165) is 37.1 Å². The van der Waals surface area contributed by atoms with Crippen molar-refractivity contribution in [2.45, 2.75) is 32.3 Å². The first kappa shape index (κ1) is 21.9. The smallest absolute Gasteiger partial charge is 0.236 e. The molecule has 1 aromatic rings. The van der Waals surface area contributed by atoms with E-state index >= 15 is 0 Å². The van der Waals surface area contributed by atoms with E-state index in [4.69, 9.17) is 9.47 Å². The first-order valence-electron chi connectivity index (χ1n) is 10.4. The highest BCUT2D eigenvalue weighted by atomic mass is 32.2. The normalized spacial score (nSPS) is 19.4. The minimum Gasteiger partial charge on any atom is -0.379 e. The van der Waals surface area contributed by atoms with Crippen molar-refractivity contribution in [2.24, 2.45) is 4.99 Å². The topological polar surface area (TPSA) is 92.3 Å². The molecular formula is C20H32N4O4S. The van der Waals surface area contributed by atoms with Gasteiger partial charge in [-0.05, 0) is 37.8 Å². The van der Waals surface area contributed by atoms with Crippen LogP contribution < -0.4 is 14.9 Å². The number of rotatable bonds is 10. The van der Waals surface area contributed by atoms with Crippen LogP contribution in [0.15, 0.2) is 29.3 Å². The lowest BCUT2D eigenvalue weighted by molar-refractivity contribution is 0.0424. The van der Waals surface area contributed by atoms with Crippen molar-refractivity contribution >= 4 is 21.7 Å². The van der Waals surface area contributed by atoms with E-state index < -0.39 is 10.0 Å². The van der Waals surface area contributed by atoms with E-state index in [1.807, 2.05) is 31.2 Å². The third kappa shape index (κ3) is 6.32. The molecule has 0 spiro atoms. The number of aliphatic imine (C=N–C) groups is 1. The zero-order chi connectivity index (χ0) is 20.5. The molecule has 0 saturated carbocycles. The minimum atomic E-state index is -3.37. The molecule has 2 aliphatic heterocycles.